The summed E-state index contributed by atoms with van der Waals surface area (Å²) in [6.45, 7) is 4.77. The van der Waals surface area contributed by atoms with E-state index in [1.807, 2.05) is 13.8 Å². The van der Waals surface area contributed by atoms with Gasteiger partial charge < -0.3 is 10.0 Å². The molecule has 1 amide bonds. The average molecular weight is 242 g/mol. The van der Waals surface area contributed by atoms with Gasteiger partial charge >= 0.3 is 5.97 Å². The van der Waals surface area contributed by atoms with Crippen LogP contribution >= 0.6 is 0 Å². The number of rotatable bonds is 7. The Hall–Kier alpha value is -1.10. The van der Waals surface area contributed by atoms with Crippen LogP contribution in [0.5, 0.6) is 0 Å². The summed E-state index contributed by atoms with van der Waals surface area (Å²) in [5.74, 6) is -0.293. The van der Waals surface area contributed by atoms with Crippen LogP contribution in [-0.4, -0.2) is 59.5 Å². The van der Waals surface area contributed by atoms with Crippen molar-refractivity contribution in [3.63, 3.8) is 0 Å². The number of likely N-dealkylation sites (N-methyl/N-ethyl adjacent to an activating group) is 1. The second-order valence-corrected chi connectivity index (χ2v) is 5.11. The highest BCUT2D eigenvalue weighted by Crippen LogP contribution is 2.29. The van der Waals surface area contributed by atoms with Gasteiger partial charge in [0.1, 0.15) is 0 Å². The number of carbonyl (C=O) groups is 2. The van der Waals surface area contributed by atoms with Crippen molar-refractivity contribution in [3.05, 3.63) is 0 Å². The normalized spacial score (nSPS) is 15.4. The lowest BCUT2D eigenvalue weighted by Gasteiger charge is -2.26. The Morgan fingerprint density at radius 1 is 1.29 bits per heavy atom. The Morgan fingerprint density at radius 3 is 2.29 bits per heavy atom. The molecule has 0 spiro atoms. The van der Waals surface area contributed by atoms with Gasteiger partial charge in [-0.05, 0) is 32.6 Å². The maximum Gasteiger partial charge on any atom is 0.317 e. The molecule has 1 fully saturated rings. The van der Waals surface area contributed by atoms with Crippen LogP contribution in [-0.2, 0) is 9.59 Å². The standard InChI is InChI=1S/C12H22N2O3/c1-9(2)13(3)11(15)7-14(8-12(16)17)6-10-4-5-10/h9-10H,4-8H2,1-3H3,(H,16,17). The molecule has 98 valence electrons. The van der Waals surface area contributed by atoms with Crippen molar-refractivity contribution in [3.8, 4) is 0 Å². The fourth-order valence-electron chi connectivity index (χ4n) is 1.63. The summed E-state index contributed by atoms with van der Waals surface area (Å²) in [5.41, 5.74) is 0. The molecule has 0 aromatic carbocycles. The van der Waals surface area contributed by atoms with Crippen molar-refractivity contribution in [1.29, 1.82) is 0 Å². The van der Waals surface area contributed by atoms with Crippen molar-refractivity contribution in [2.45, 2.75) is 32.7 Å². The second kappa shape index (κ2) is 6.00. The highest BCUT2D eigenvalue weighted by atomic mass is 16.4. The predicted molar refractivity (Wildman–Crippen MR) is 64.7 cm³/mol. The SMILES string of the molecule is CC(C)N(C)C(=O)CN(CC(=O)O)CC1CC1. The molecule has 0 aliphatic heterocycles. The van der Waals surface area contributed by atoms with Gasteiger partial charge in [-0.2, -0.15) is 0 Å². The third-order valence-electron chi connectivity index (χ3n) is 3.10. The zero-order chi connectivity index (χ0) is 13.0. The zero-order valence-electron chi connectivity index (χ0n) is 10.8. The van der Waals surface area contributed by atoms with Crippen LogP contribution in [0.25, 0.3) is 0 Å². The molecule has 1 saturated carbocycles. The number of hydrogen-bond acceptors (Lipinski definition) is 3. The van der Waals surface area contributed by atoms with Gasteiger partial charge in [0.15, 0.2) is 0 Å². The van der Waals surface area contributed by atoms with Gasteiger partial charge in [-0.15, -0.1) is 0 Å². The van der Waals surface area contributed by atoms with E-state index >= 15 is 0 Å². The highest BCUT2D eigenvalue weighted by molar-refractivity contribution is 5.79. The average Bonchev–Trinajstić information content (AvgIpc) is 2.98. The molecular weight excluding hydrogens is 220 g/mol. The van der Waals surface area contributed by atoms with Crippen molar-refractivity contribution in [1.82, 2.24) is 9.80 Å². The second-order valence-electron chi connectivity index (χ2n) is 5.11. The summed E-state index contributed by atoms with van der Waals surface area (Å²) in [5, 5.41) is 8.81. The summed E-state index contributed by atoms with van der Waals surface area (Å²) >= 11 is 0. The molecule has 17 heavy (non-hydrogen) atoms. The van der Waals surface area contributed by atoms with Gasteiger partial charge in [0, 0.05) is 19.6 Å². The topological polar surface area (TPSA) is 60.9 Å². The van der Waals surface area contributed by atoms with Gasteiger partial charge in [-0.1, -0.05) is 0 Å². The molecule has 0 heterocycles. The van der Waals surface area contributed by atoms with E-state index in [-0.39, 0.29) is 25.0 Å². The summed E-state index contributed by atoms with van der Waals surface area (Å²) < 4.78 is 0. The number of carbonyl (C=O) groups excluding carboxylic acids is 1. The van der Waals surface area contributed by atoms with E-state index in [1.165, 1.54) is 0 Å². The number of nitrogens with zero attached hydrogens (tertiary/aromatic N) is 2. The maximum atomic E-state index is 11.9. The van der Waals surface area contributed by atoms with Crippen LogP contribution in [0.4, 0.5) is 0 Å². The Morgan fingerprint density at radius 2 is 1.88 bits per heavy atom. The van der Waals surface area contributed by atoms with E-state index in [0.717, 1.165) is 19.4 Å². The van der Waals surface area contributed by atoms with Gasteiger partial charge in [0.05, 0.1) is 13.1 Å². The number of carboxylic acid groups (broad SMARTS) is 1. The van der Waals surface area contributed by atoms with E-state index in [0.29, 0.717) is 5.92 Å². The number of amides is 1. The monoisotopic (exact) mass is 242 g/mol. The molecule has 1 aliphatic carbocycles. The highest BCUT2D eigenvalue weighted by Gasteiger charge is 2.27. The molecule has 0 atom stereocenters. The fourth-order valence-corrected chi connectivity index (χ4v) is 1.63. The lowest BCUT2D eigenvalue weighted by molar-refractivity contribution is -0.139. The minimum Gasteiger partial charge on any atom is -0.480 e. The van der Waals surface area contributed by atoms with Crippen molar-refractivity contribution in [2.24, 2.45) is 5.92 Å². The van der Waals surface area contributed by atoms with Crippen LogP contribution < -0.4 is 0 Å². The molecule has 5 heteroatoms. The number of hydrogen-bond donors (Lipinski definition) is 1. The van der Waals surface area contributed by atoms with Crippen LogP contribution in [0.3, 0.4) is 0 Å². The van der Waals surface area contributed by atoms with E-state index in [2.05, 4.69) is 0 Å². The largest absolute Gasteiger partial charge is 0.480 e. The van der Waals surface area contributed by atoms with Crippen LogP contribution in [0.15, 0.2) is 0 Å². The summed E-state index contributed by atoms with van der Waals surface area (Å²) in [7, 11) is 1.75. The lowest BCUT2D eigenvalue weighted by atomic mass is 10.3. The first-order chi connectivity index (χ1) is 7.90. The van der Waals surface area contributed by atoms with Crippen molar-refractivity contribution >= 4 is 11.9 Å². The summed E-state index contributed by atoms with van der Waals surface area (Å²) in [6, 6.07) is 0.148. The van der Waals surface area contributed by atoms with Gasteiger partial charge in [0.2, 0.25) is 5.91 Å². The molecule has 1 N–H and O–H groups in total. The molecule has 0 saturated heterocycles. The smallest absolute Gasteiger partial charge is 0.317 e. The summed E-state index contributed by atoms with van der Waals surface area (Å²) in [4.78, 5) is 26.0. The van der Waals surface area contributed by atoms with E-state index in [4.69, 9.17) is 5.11 Å². The predicted octanol–water partition coefficient (Wildman–Crippen LogP) is 0.650. The Balaban J connectivity index is 2.45. The first kappa shape index (κ1) is 14.0. The van der Waals surface area contributed by atoms with Gasteiger partial charge in [-0.3, -0.25) is 14.5 Å². The molecule has 0 bridgehead atoms. The maximum absolute atomic E-state index is 11.9. The van der Waals surface area contributed by atoms with Crippen molar-refractivity contribution < 1.29 is 14.7 Å². The lowest BCUT2D eigenvalue weighted by Crippen LogP contribution is -2.43. The minimum absolute atomic E-state index is 0.0121. The van der Waals surface area contributed by atoms with Gasteiger partial charge in [-0.25, -0.2) is 0 Å². The van der Waals surface area contributed by atoms with E-state index in [1.54, 1.807) is 16.8 Å². The van der Waals surface area contributed by atoms with Crippen molar-refractivity contribution in [2.75, 3.05) is 26.7 Å². The quantitative estimate of drug-likeness (QED) is 0.712. The molecular formula is C12H22N2O3. The molecule has 1 aliphatic rings. The number of carboxylic acids is 1. The molecule has 5 nitrogen and oxygen atoms in total. The van der Waals surface area contributed by atoms with Crippen LogP contribution in [0.2, 0.25) is 0 Å². The number of aliphatic carboxylic acids is 1. The zero-order valence-corrected chi connectivity index (χ0v) is 10.8. The first-order valence-corrected chi connectivity index (χ1v) is 6.10. The minimum atomic E-state index is -0.870. The van der Waals surface area contributed by atoms with Gasteiger partial charge in [0.25, 0.3) is 0 Å². The van der Waals surface area contributed by atoms with Crippen LogP contribution in [0, 0.1) is 5.92 Å². The molecule has 0 unspecified atom stereocenters. The molecule has 0 aromatic heterocycles. The Labute approximate surface area is 102 Å². The fraction of sp³-hybridized carbons (Fsp3) is 0.833. The Bertz CT molecular complexity index is 287. The van der Waals surface area contributed by atoms with E-state index < -0.39 is 5.97 Å². The first-order valence-electron chi connectivity index (χ1n) is 6.10. The Kier molecular flexibility index (Phi) is 4.93. The molecule has 1 rings (SSSR count). The third-order valence-corrected chi connectivity index (χ3v) is 3.10. The third kappa shape index (κ3) is 5.17. The summed E-state index contributed by atoms with van der Waals surface area (Å²) in [6.07, 6.45) is 2.31. The van der Waals surface area contributed by atoms with Crippen LogP contribution in [0.1, 0.15) is 26.7 Å². The molecule has 0 radical (unpaired) electrons. The molecule has 0 aromatic rings. The van der Waals surface area contributed by atoms with E-state index in [9.17, 15) is 9.59 Å².